The van der Waals surface area contributed by atoms with Gasteiger partial charge in [0.25, 0.3) is 0 Å². The second-order valence-corrected chi connectivity index (χ2v) is 4.97. The second kappa shape index (κ2) is 5.77. The van der Waals surface area contributed by atoms with Crippen molar-refractivity contribution in [3.63, 3.8) is 0 Å². The van der Waals surface area contributed by atoms with E-state index < -0.39 is 0 Å². The molecule has 0 aromatic carbocycles. The lowest BCUT2D eigenvalue weighted by molar-refractivity contribution is 0.168. The number of nitrogens with two attached hydrogens (primary N) is 1. The summed E-state index contributed by atoms with van der Waals surface area (Å²) in [6, 6.07) is 0.824. The Morgan fingerprint density at radius 2 is 2.20 bits per heavy atom. The van der Waals surface area contributed by atoms with Crippen molar-refractivity contribution in [3.05, 3.63) is 0 Å². The highest BCUT2D eigenvalue weighted by atomic mass is 32.1. The third kappa shape index (κ3) is 3.40. The first-order chi connectivity index (χ1) is 7.06. The van der Waals surface area contributed by atoms with Gasteiger partial charge >= 0.3 is 0 Å². The van der Waals surface area contributed by atoms with E-state index in [4.69, 9.17) is 18.0 Å². The summed E-state index contributed by atoms with van der Waals surface area (Å²) in [6.45, 7) is 7.78. The van der Waals surface area contributed by atoms with Crippen LogP contribution in [0, 0.1) is 0 Å². The van der Waals surface area contributed by atoms with Gasteiger partial charge < -0.3 is 10.6 Å². The summed E-state index contributed by atoms with van der Waals surface area (Å²) >= 11 is 5.10. The average Bonchev–Trinajstić information content (AvgIpc) is 2.38. The summed E-state index contributed by atoms with van der Waals surface area (Å²) in [4.78, 5) is 5.49. The molecule has 88 valence electrons. The second-order valence-electron chi connectivity index (χ2n) is 4.49. The van der Waals surface area contributed by atoms with E-state index in [2.05, 4.69) is 30.7 Å². The minimum Gasteiger partial charge on any atom is -0.392 e. The minimum absolute atomic E-state index is 0.233. The monoisotopic (exact) mass is 229 g/mol. The molecular weight excluding hydrogens is 206 g/mol. The lowest BCUT2D eigenvalue weighted by Gasteiger charge is -2.34. The fourth-order valence-electron chi connectivity index (χ4n) is 2.30. The van der Waals surface area contributed by atoms with E-state index >= 15 is 0 Å². The zero-order chi connectivity index (χ0) is 11.4. The van der Waals surface area contributed by atoms with Gasteiger partial charge in [0.05, 0.1) is 11.0 Å². The minimum atomic E-state index is 0.233. The van der Waals surface area contributed by atoms with Gasteiger partial charge in [-0.05, 0) is 33.4 Å². The summed E-state index contributed by atoms with van der Waals surface area (Å²) in [6.07, 6.45) is 2.37. The molecule has 3 nitrogen and oxygen atoms in total. The van der Waals surface area contributed by atoms with Crippen LogP contribution in [0.3, 0.4) is 0 Å². The van der Waals surface area contributed by atoms with Crippen molar-refractivity contribution < 1.29 is 0 Å². The zero-order valence-corrected chi connectivity index (χ0v) is 10.9. The quantitative estimate of drug-likeness (QED) is 0.734. The first-order valence-electron chi connectivity index (χ1n) is 5.79. The van der Waals surface area contributed by atoms with Gasteiger partial charge in [-0.25, -0.2) is 0 Å². The highest BCUT2D eigenvalue weighted by Gasteiger charge is 2.26. The molecule has 1 aliphatic heterocycles. The van der Waals surface area contributed by atoms with Gasteiger partial charge in [-0.3, -0.25) is 4.90 Å². The summed E-state index contributed by atoms with van der Waals surface area (Å²) in [5, 5.41) is 0. The van der Waals surface area contributed by atoms with Gasteiger partial charge in [-0.2, -0.15) is 0 Å². The number of hydrogen-bond acceptors (Lipinski definition) is 3. The van der Waals surface area contributed by atoms with Crippen LogP contribution in [0.15, 0.2) is 0 Å². The Hall–Kier alpha value is -0.190. The number of likely N-dealkylation sites (N-methyl/N-ethyl adjacent to an activating group) is 1. The van der Waals surface area contributed by atoms with Gasteiger partial charge in [0.1, 0.15) is 0 Å². The smallest absolute Gasteiger partial charge is 0.0899 e. The Bertz CT molecular complexity index is 220. The highest BCUT2D eigenvalue weighted by molar-refractivity contribution is 7.80. The first kappa shape index (κ1) is 12.9. The maximum absolute atomic E-state index is 5.75. The topological polar surface area (TPSA) is 32.5 Å². The van der Waals surface area contributed by atoms with Crippen LogP contribution < -0.4 is 5.73 Å². The molecule has 0 aliphatic carbocycles. The third-order valence-electron chi connectivity index (χ3n) is 3.33. The molecule has 4 heteroatoms. The molecule has 2 atom stereocenters. The number of hydrogen-bond donors (Lipinski definition) is 1. The Morgan fingerprint density at radius 3 is 2.73 bits per heavy atom. The SMILES string of the molecule is CCC1CN(C)CCCN1C(C)C(N)=S. The maximum Gasteiger partial charge on any atom is 0.0899 e. The predicted octanol–water partition coefficient (Wildman–Crippen LogP) is 1.08. The number of nitrogens with zero attached hydrogens (tertiary/aromatic N) is 2. The zero-order valence-electron chi connectivity index (χ0n) is 10.1. The Labute approximate surface area is 98.6 Å². The molecule has 0 aromatic rings. The number of thiocarbonyl (C=S) groups is 1. The molecule has 1 aliphatic rings. The summed E-state index contributed by atoms with van der Waals surface area (Å²) in [5.74, 6) is 0. The molecule has 1 fully saturated rings. The van der Waals surface area contributed by atoms with Crippen LogP contribution in [0.5, 0.6) is 0 Å². The molecule has 0 spiro atoms. The molecule has 1 saturated heterocycles. The molecule has 15 heavy (non-hydrogen) atoms. The van der Waals surface area contributed by atoms with Gasteiger partial charge in [-0.15, -0.1) is 0 Å². The Balaban J connectivity index is 2.70. The van der Waals surface area contributed by atoms with Crippen molar-refractivity contribution in [3.8, 4) is 0 Å². The molecule has 1 heterocycles. The van der Waals surface area contributed by atoms with E-state index in [1.807, 2.05) is 0 Å². The molecule has 1 rings (SSSR count). The normalized spacial score (nSPS) is 27.3. The van der Waals surface area contributed by atoms with Crippen LogP contribution in [0.4, 0.5) is 0 Å². The van der Waals surface area contributed by atoms with E-state index in [9.17, 15) is 0 Å². The van der Waals surface area contributed by atoms with Crippen molar-refractivity contribution in [1.29, 1.82) is 0 Å². The maximum atomic E-state index is 5.75. The summed E-state index contributed by atoms with van der Waals surface area (Å²) in [7, 11) is 2.19. The van der Waals surface area contributed by atoms with Gasteiger partial charge in [0.15, 0.2) is 0 Å². The van der Waals surface area contributed by atoms with Crippen LogP contribution in [0.25, 0.3) is 0 Å². The van der Waals surface area contributed by atoms with Crippen molar-refractivity contribution in [1.82, 2.24) is 9.80 Å². The largest absolute Gasteiger partial charge is 0.392 e. The van der Waals surface area contributed by atoms with E-state index in [1.54, 1.807) is 0 Å². The van der Waals surface area contributed by atoms with Crippen LogP contribution in [-0.2, 0) is 0 Å². The Kier molecular flexibility index (Phi) is 4.96. The predicted molar refractivity (Wildman–Crippen MR) is 69.1 cm³/mol. The fraction of sp³-hybridized carbons (Fsp3) is 0.909. The molecule has 2 N–H and O–H groups in total. The van der Waals surface area contributed by atoms with E-state index in [0.29, 0.717) is 11.0 Å². The Morgan fingerprint density at radius 1 is 1.53 bits per heavy atom. The van der Waals surface area contributed by atoms with Crippen LogP contribution in [0.1, 0.15) is 26.7 Å². The summed E-state index contributed by atoms with van der Waals surface area (Å²) < 4.78 is 0. The lowest BCUT2D eigenvalue weighted by Crippen LogP contribution is -2.49. The van der Waals surface area contributed by atoms with Crippen LogP contribution in [-0.4, -0.2) is 53.6 Å². The van der Waals surface area contributed by atoms with E-state index in [1.165, 1.54) is 13.0 Å². The van der Waals surface area contributed by atoms with E-state index in [0.717, 1.165) is 19.5 Å². The molecule has 0 aromatic heterocycles. The molecule has 0 amide bonds. The van der Waals surface area contributed by atoms with Gasteiger partial charge in [0, 0.05) is 19.1 Å². The fourth-order valence-corrected chi connectivity index (χ4v) is 2.43. The van der Waals surface area contributed by atoms with Crippen LogP contribution >= 0.6 is 12.2 Å². The lowest BCUT2D eigenvalue weighted by atomic mass is 10.1. The molecule has 0 bridgehead atoms. The summed E-state index contributed by atoms with van der Waals surface area (Å²) in [5.41, 5.74) is 5.75. The van der Waals surface area contributed by atoms with Crippen LogP contribution in [0.2, 0.25) is 0 Å². The standard InChI is InChI=1S/C11H23N3S/c1-4-10-8-13(3)6-5-7-14(10)9(2)11(12)15/h9-10H,4-8H2,1-3H3,(H2,12,15). The van der Waals surface area contributed by atoms with Crippen molar-refractivity contribution in [2.75, 3.05) is 26.7 Å². The molecule has 0 radical (unpaired) electrons. The van der Waals surface area contributed by atoms with E-state index in [-0.39, 0.29) is 6.04 Å². The number of rotatable bonds is 3. The highest BCUT2D eigenvalue weighted by Crippen LogP contribution is 2.15. The third-order valence-corrected chi connectivity index (χ3v) is 3.67. The van der Waals surface area contributed by atoms with Gasteiger partial charge in [-0.1, -0.05) is 19.1 Å². The van der Waals surface area contributed by atoms with Crippen molar-refractivity contribution in [2.24, 2.45) is 5.73 Å². The molecule has 2 unspecified atom stereocenters. The van der Waals surface area contributed by atoms with Crippen molar-refractivity contribution in [2.45, 2.75) is 38.8 Å². The first-order valence-corrected chi connectivity index (χ1v) is 6.20. The van der Waals surface area contributed by atoms with Crippen molar-refractivity contribution >= 4 is 17.2 Å². The molecule has 0 saturated carbocycles. The van der Waals surface area contributed by atoms with Gasteiger partial charge in [0.2, 0.25) is 0 Å². The molecular formula is C11H23N3S. The average molecular weight is 229 g/mol.